The van der Waals surface area contributed by atoms with E-state index in [-0.39, 0.29) is 25.0 Å². The smallest absolute Gasteiger partial charge is 0.382 e. The van der Waals surface area contributed by atoms with Crippen LogP contribution in [0.3, 0.4) is 0 Å². The molecule has 0 bridgehead atoms. The number of likely N-dealkylation sites (tertiary alicyclic amines) is 1. The summed E-state index contributed by atoms with van der Waals surface area (Å²) >= 11 is 0. The summed E-state index contributed by atoms with van der Waals surface area (Å²) in [4.78, 5) is 5.61. The Kier molecular flexibility index (Phi) is 4.84. The first kappa shape index (κ1) is 16.2. The molecule has 2 heterocycles. The summed E-state index contributed by atoms with van der Waals surface area (Å²) in [6.45, 7) is 2.28. The Hall–Kier alpha value is -1.19. The summed E-state index contributed by atoms with van der Waals surface area (Å²) in [6, 6.07) is -0.972. The van der Waals surface area contributed by atoms with Gasteiger partial charge in [-0.15, -0.1) is 0 Å². The number of nitrogens with zero attached hydrogens (tertiary/aromatic N) is 3. The first-order chi connectivity index (χ1) is 9.82. The quantitative estimate of drug-likeness (QED) is 0.892. The maximum atomic E-state index is 12.6. The minimum atomic E-state index is -4.63. The summed E-state index contributed by atoms with van der Waals surface area (Å²) < 4.78 is 47.9. The van der Waals surface area contributed by atoms with E-state index in [1.165, 1.54) is 12.0 Å². The predicted octanol–water partition coefficient (Wildman–Crippen LogP) is 1.66. The van der Waals surface area contributed by atoms with E-state index in [2.05, 4.69) is 10.1 Å². The van der Waals surface area contributed by atoms with Gasteiger partial charge in [0.1, 0.15) is 6.10 Å². The SMILES string of the molecule is CO[C@H](C)c1noc(CN2CCC[C@@H]2[C@H](O)C(F)(F)F)n1. The highest BCUT2D eigenvalue weighted by Gasteiger charge is 2.47. The van der Waals surface area contributed by atoms with Crippen molar-refractivity contribution in [3.05, 3.63) is 11.7 Å². The molecule has 9 heteroatoms. The number of hydrogen-bond acceptors (Lipinski definition) is 6. The van der Waals surface area contributed by atoms with Crippen molar-refractivity contribution in [3.63, 3.8) is 0 Å². The van der Waals surface area contributed by atoms with Crippen LogP contribution in [0.4, 0.5) is 13.2 Å². The number of aliphatic hydroxyl groups is 1. The molecule has 0 saturated carbocycles. The standard InChI is InChI=1S/C12H18F3N3O3/c1-7(20-2)11-16-9(21-17-11)6-18-5-3-4-8(18)10(19)12(13,14)15/h7-8,10,19H,3-6H2,1-2H3/t7-,8-,10+/m1/s1. The van der Waals surface area contributed by atoms with Gasteiger partial charge in [0.15, 0.2) is 11.9 Å². The second-order valence-corrected chi connectivity index (χ2v) is 5.09. The van der Waals surface area contributed by atoms with Crippen molar-refractivity contribution in [3.8, 4) is 0 Å². The van der Waals surface area contributed by atoms with E-state index in [4.69, 9.17) is 9.26 Å². The molecule has 0 radical (unpaired) electrons. The highest BCUT2D eigenvalue weighted by molar-refractivity contribution is 4.94. The van der Waals surface area contributed by atoms with Crippen LogP contribution in [-0.2, 0) is 11.3 Å². The molecule has 1 aliphatic heterocycles. The lowest BCUT2D eigenvalue weighted by Gasteiger charge is -2.28. The van der Waals surface area contributed by atoms with Gasteiger partial charge in [0.05, 0.1) is 6.54 Å². The molecule has 1 aliphatic rings. The number of methoxy groups -OCH3 is 1. The second kappa shape index (κ2) is 6.29. The molecule has 1 saturated heterocycles. The molecule has 0 unspecified atom stereocenters. The number of rotatable bonds is 5. The molecule has 0 aromatic carbocycles. The Morgan fingerprint density at radius 2 is 2.24 bits per heavy atom. The van der Waals surface area contributed by atoms with Gasteiger partial charge in [-0.1, -0.05) is 5.16 Å². The Bertz CT molecular complexity index is 466. The molecular formula is C12H18F3N3O3. The molecule has 0 amide bonds. The van der Waals surface area contributed by atoms with Crippen molar-refractivity contribution in [2.45, 2.75) is 50.7 Å². The zero-order valence-corrected chi connectivity index (χ0v) is 11.8. The highest BCUT2D eigenvalue weighted by Crippen LogP contribution is 2.31. The van der Waals surface area contributed by atoms with Crippen LogP contribution in [0, 0.1) is 0 Å². The van der Waals surface area contributed by atoms with Gasteiger partial charge in [0, 0.05) is 13.2 Å². The molecule has 6 nitrogen and oxygen atoms in total. The van der Waals surface area contributed by atoms with E-state index in [0.29, 0.717) is 18.8 Å². The Morgan fingerprint density at radius 1 is 1.52 bits per heavy atom. The summed E-state index contributed by atoms with van der Waals surface area (Å²) in [7, 11) is 1.50. The van der Waals surface area contributed by atoms with Crippen molar-refractivity contribution in [1.82, 2.24) is 15.0 Å². The minimum absolute atomic E-state index is 0.0846. The largest absolute Gasteiger partial charge is 0.415 e. The van der Waals surface area contributed by atoms with E-state index < -0.39 is 18.3 Å². The zero-order valence-electron chi connectivity index (χ0n) is 11.8. The molecule has 1 fully saturated rings. The molecule has 1 aromatic heterocycles. The third kappa shape index (κ3) is 3.72. The number of ether oxygens (including phenoxy) is 1. The topological polar surface area (TPSA) is 71.6 Å². The highest BCUT2D eigenvalue weighted by atomic mass is 19.4. The number of aromatic nitrogens is 2. The van der Waals surface area contributed by atoms with Gasteiger partial charge in [0.25, 0.3) is 0 Å². The van der Waals surface area contributed by atoms with Crippen LogP contribution in [0.5, 0.6) is 0 Å². The summed E-state index contributed by atoms with van der Waals surface area (Å²) in [5, 5.41) is 13.1. The molecule has 1 N–H and O–H groups in total. The van der Waals surface area contributed by atoms with Crippen molar-refractivity contribution in [1.29, 1.82) is 0 Å². The van der Waals surface area contributed by atoms with Crippen LogP contribution in [0.15, 0.2) is 4.52 Å². The van der Waals surface area contributed by atoms with Crippen molar-refractivity contribution < 1.29 is 27.5 Å². The van der Waals surface area contributed by atoms with Gasteiger partial charge in [-0.3, -0.25) is 4.90 Å². The second-order valence-electron chi connectivity index (χ2n) is 5.09. The van der Waals surface area contributed by atoms with Crippen molar-refractivity contribution in [2.24, 2.45) is 0 Å². The molecule has 0 aliphatic carbocycles. The summed E-state index contributed by atoms with van der Waals surface area (Å²) in [5.41, 5.74) is 0. The van der Waals surface area contributed by atoms with Crippen molar-refractivity contribution in [2.75, 3.05) is 13.7 Å². The first-order valence-corrected chi connectivity index (χ1v) is 6.67. The van der Waals surface area contributed by atoms with Crippen LogP contribution < -0.4 is 0 Å². The lowest BCUT2D eigenvalue weighted by molar-refractivity contribution is -0.219. The van der Waals surface area contributed by atoms with E-state index in [1.807, 2.05) is 0 Å². The Labute approximate surface area is 119 Å². The monoisotopic (exact) mass is 309 g/mol. The van der Waals surface area contributed by atoms with Gasteiger partial charge in [-0.05, 0) is 26.3 Å². The molecule has 2 rings (SSSR count). The molecule has 120 valence electrons. The molecule has 3 atom stereocenters. The Balaban J connectivity index is 2.03. The fraction of sp³-hybridized carbons (Fsp3) is 0.833. The molecule has 0 spiro atoms. The van der Waals surface area contributed by atoms with Crippen LogP contribution >= 0.6 is 0 Å². The minimum Gasteiger partial charge on any atom is -0.382 e. The van der Waals surface area contributed by atoms with E-state index >= 15 is 0 Å². The van der Waals surface area contributed by atoms with Gasteiger partial charge in [-0.25, -0.2) is 0 Å². The predicted molar refractivity (Wildman–Crippen MR) is 65.2 cm³/mol. The maximum Gasteiger partial charge on any atom is 0.415 e. The van der Waals surface area contributed by atoms with Gasteiger partial charge in [0.2, 0.25) is 5.89 Å². The number of halogens is 3. The number of alkyl halides is 3. The van der Waals surface area contributed by atoms with Crippen LogP contribution in [0.25, 0.3) is 0 Å². The fourth-order valence-electron chi connectivity index (χ4n) is 2.40. The average molecular weight is 309 g/mol. The van der Waals surface area contributed by atoms with E-state index in [9.17, 15) is 18.3 Å². The van der Waals surface area contributed by atoms with Crippen LogP contribution in [0.1, 0.15) is 37.6 Å². The third-order valence-corrected chi connectivity index (χ3v) is 3.65. The average Bonchev–Trinajstić information content (AvgIpc) is 3.05. The van der Waals surface area contributed by atoms with Gasteiger partial charge in [-0.2, -0.15) is 18.2 Å². The van der Waals surface area contributed by atoms with Crippen molar-refractivity contribution >= 4 is 0 Å². The van der Waals surface area contributed by atoms with E-state index in [0.717, 1.165) is 0 Å². The molecule has 21 heavy (non-hydrogen) atoms. The zero-order chi connectivity index (χ0) is 15.6. The van der Waals surface area contributed by atoms with Crippen LogP contribution in [-0.4, -0.2) is 52.1 Å². The number of hydrogen-bond donors (Lipinski definition) is 1. The first-order valence-electron chi connectivity index (χ1n) is 6.67. The Morgan fingerprint density at radius 3 is 2.86 bits per heavy atom. The normalized spacial score (nSPS) is 23.4. The number of aliphatic hydroxyl groups excluding tert-OH is 1. The fourth-order valence-corrected chi connectivity index (χ4v) is 2.40. The molecule has 1 aromatic rings. The van der Waals surface area contributed by atoms with Gasteiger partial charge < -0.3 is 14.4 Å². The van der Waals surface area contributed by atoms with Crippen LogP contribution in [0.2, 0.25) is 0 Å². The van der Waals surface area contributed by atoms with Gasteiger partial charge >= 0.3 is 6.18 Å². The molecular weight excluding hydrogens is 291 g/mol. The lowest BCUT2D eigenvalue weighted by Crippen LogP contribution is -2.46. The third-order valence-electron chi connectivity index (χ3n) is 3.65. The van der Waals surface area contributed by atoms with E-state index in [1.54, 1.807) is 6.92 Å². The maximum absolute atomic E-state index is 12.6. The summed E-state index contributed by atoms with van der Waals surface area (Å²) in [5.74, 6) is 0.565. The summed E-state index contributed by atoms with van der Waals surface area (Å²) in [6.07, 6.45) is -6.46. The lowest BCUT2D eigenvalue weighted by atomic mass is 10.1.